The Morgan fingerprint density at radius 2 is 2.29 bits per heavy atom. The van der Waals surface area contributed by atoms with Crippen LogP contribution in [-0.2, 0) is 0 Å². The third-order valence-electron chi connectivity index (χ3n) is 3.74. The predicted octanol–water partition coefficient (Wildman–Crippen LogP) is 2.62. The summed E-state index contributed by atoms with van der Waals surface area (Å²) in [5.74, 6) is 1.48. The van der Waals surface area contributed by atoms with E-state index in [4.69, 9.17) is 4.74 Å². The summed E-state index contributed by atoms with van der Waals surface area (Å²) in [6.45, 7) is 8.14. The SMILES string of the molecule is CCCCN(CC1CCCN1)c1nccc(OCCC)n1. The van der Waals surface area contributed by atoms with Gasteiger partial charge in [-0.05, 0) is 32.2 Å². The molecule has 0 aliphatic carbocycles. The molecule has 1 aromatic rings. The molecule has 2 heterocycles. The Morgan fingerprint density at radius 1 is 1.38 bits per heavy atom. The van der Waals surface area contributed by atoms with E-state index >= 15 is 0 Å². The second-order valence-electron chi connectivity index (χ2n) is 5.64. The van der Waals surface area contributed by atoms with Crippen molar-refractivity contribution in [3.05, 3.63) is 12.3 Å². The van der Waals surface area contributed by atoms with Crippen molar-refractivity contribution in [1.29, 1.82) is 0 Å². The zero-order chi connectivity index (χ0) is 14.9. The second-order valence-corrected chi connectivity index (χ2v) is 5.64. The number of hydrogen-bond acceptors (Lipinski definition) is 5. The minimum Gasteiger partial charge on any atom is -0.478 e. The number of anilines is 1. The smallest absolute Gasteiger partial charge is 0.228 e. The number of nitrogens with one attached hydrogen (secondary N) is 1. The van der Waals surface area contributed by atoms with Gasteiger partial charge in [-0.15, -0.1) is 0 Å². The van der Waals surface area contributed by atoms with Gasteiger partial charge in [-0.25, -0.2) is 4.98 Å². The first-order valence-electron chi connectivity index (χ1n) is 8.27. The van der Waals surface area contributed by atoms with Crippen molar-refractivity contribution in [3.8, 4) is 5.88 Å². The van der Waals surface area contributed by atoms with E-state index < -0.39 is 0 Å². The summed E-state index contributed by atoms with van der Waals surface area (Å²) >= 11 is 0. The number of hydrogen-bond donors (Lipinski definition) is 1. The zero-order valence-electron chi connectivity index (χ0n) is 13.3. The molecule has 0 bridgehead atoms. The van der Waals surface area contributed by atoms with Crippen LogP contribution in [0.25, 0.3) is 0 Å². The van der Waals surface area contributed by atoms with Crippen LogP contribution in [0, 0.1) is 0 Å². The molecule has 0 saturated carbocycles. The molecule has 0 spiro atoms. The monoisotopic (exact) mass is 292 g/mol. The Kier molecular flexibility index (Phi) is 6.73. The van der Waals surface area contributed by atoms with Crippen LogP contribution in [0.3, 0.4) is 0 Å². The van der Waals surface area contributed by atoms with E-state index in [9.17, 15) is 0 Å². The fraction of sp³-hybridized carbons (Fsp3) is 0.750. The zero-order valence-corrected chi connectivity index (χ0v) is 13.3. The first-order chi connectivity index (χ1) is 10.3. The maximum atomic E-state index is 5.63. The lowest BCUT2D eigenvalue weighted by atomic mass is 10.2. The molecular weight excluding hydrogens is 264 g/mol. The van der Waals surface area contributed by atoms with Crippen LogP contribution in [0.4, 0.5) is 5.95 Å². The third-order valence-corrected chi connectivity index (χ3v) is 3.74. The maximum absolute atomic E-state index is 5.63. The summed E-state index contributed by atoms with van der Waals surface area (Å²) in [5, 5.41) is 3.55. The summed E-state index contributed by atoms with van der Waals surface area (Å²) in [5.41, 5.74) is 0. The number of rotatable bonds is 9. The van der Waals surface area contributed by atoms with E-state index in [0.717, 1.165) is 38.4 Å². The molecule has 1 N–H and O–H groups in total. The van der Waals surface area contributed by atoms with Gasteiger partial charge < -0.3 is 15.0 Å². The first kappa shape index (κ1) is 16.0. The van der Waals surface area contributed by atoms with E-state index in [-0.39, 0.29) is 0 Å². The molecule has 5 nitrogen and oxygen atoms in total. The first-order valence-corrected chi connectivity index (χ1v) is 8.27. The van der Waals surface area contributed by atoms with Gasteiger partial charge in [0.15, 0.2) is 0 Å². The van der Waals surface area contributed by atoms with Crippen LogP contribution < -0.4 is 15.0 Å². The topological polar surface area (TPSA) is 50.3 Å². The van der Waals surface area contributed by atoms with Gasteiger partial charge in [0.2, 0.25) is 11.8 Å². The molecule has 1 unspecified atom stereocenters. The summed E-state index contributed by atoms with van der Waals surface area (Å²) < 4.78 is 5.63. The van der Waals surface area contributed by atoms with Gasteiger partial charge >= 0.3 is 0 Å². The third kappa shape index (κ3) is 5.16. The van der Waals surface area contributed by atoms with Crippen LogP contribution in [0.1, 0.15) is 46.0 Å². The van der Waals surface area contributed by atoms with Gasteiger partial charge in [-0.1, -0.05) is 20.3 Å². The maximum Gasteiger partial charge on any atom is 0.228 e. The van der Waals surface area contributed by atoms with Gasteiger partial charge in [0.05, 0.1) is 6.61 Å². The molecule has 118 valence electrons. The molecular formula is C16H28N4O. The van der Waals surface area contributed by atoms with Crippen LogP contribution in [0.5, 0.6) is 5.88 Å². The van der Waals surface area contributed by atoms with Gasteiger partial charge in [0.25, 0.3) is 0 Å². The highest BCUT2D eigenvalue weighted by Crippen LogP contribution is 2.16. The molecule has 1 saturated heterocycles. The lowest BCUT2D eigenvalue weighted by Gasteiger charge is -2.26. The minimum absolute atomic E-state index is 0.561. The highest BCUT2D eigenvalue weighted by atomic mass is 16.5. The molecule has 1 atom stereocenters. The Morgan fingerprint density at radius 3 is 3.00 bits per heavy atom. The van der Waals surface area contributed by atoms with Crippen LogP contribution in [-0.4, -0.2) is 42.3 Å². The van der Waals surface area contributed by atoms with Crippen molar-refractivity contribution in [2.24, 2.45) is 0 Å². The summed E-state index contributed by atoms with van der Waals surface area (Å²) in [4.78, 5) is 11.3. The lowest BCUT2D eigenvalue weighted by Crippen LogP contribution is -2.39. The molecule has 0 aromatic carbocycles. The molecule has 1 aromatic heterocycles. The molecule has 21 heavy (non-hydrogen) atoms. The van der Waals surface area contributed by atoms with Crippen molar-refractivity contribution in [2.45, 2.75) is 52.0 Å². The minimum atomic E-state index is 0.561. The van der Waals surface area contributed by atoms with Crippen LogP contribution in [0.15, 0.2) is 12.3 Å². The van der Waals surface area contributed by atoms with E-state index in [1.165, 1.54) is 19.3 Å². The van der Waals surface area contributed by atoms with Crippen molar-refractivity contribution >= 4 is 5.95 Å². The Bertz CT molecular complexity index is 407. The molecule has 5 heteroatoms. The summed E-state index contributed by atoms with van der Waals surface area (Å²) in [6, 6.07) is 2.40. The van der Waals surface area contributed by atoms with Gasteiger partial charge in [0.1, 0.15) is 0 Å². The fourth-order valence-electron chi connectivity index (χ4n) is 2.57. The normalized spacial score (nSPS) is 17.9. The highest BCUT2D eigenvalue weighted by molar-refractivity contribution is 5.32. The molecule has 1 aliphatic heterocycles. The second kappa shape index (κ2) is 8.82. The van der Waals surface area contributed by atoms with Crippen molar-refractivity contribution in [2.75, 3.05) is 31.1 Å². The number of ether oxygens (including phenoxy) is 1. The Balaban J connectivity index is 2.03. The van der Waals surface area contributed by atoms with E-state index in [1.54, 1.807) is 6.20 Å². The molecule has 0 amide bonds. The fourth-order valence-corrected chi connectivity index (χ4v) is 2.57. The highest BCUT2D eigenvalue weighted by Gasteiger charge is 2.19. The van der Waals surface area contributed by atoms with Gasteiger partial charge in [-0.2, -0.15) is 4.98 Å². The van der Waals surface area contributed by atoms with E-state index in [2.05, 4.69) is 34.0 Å². The standard InChI is InChI=1S/C16H28N4O/c1-3-5-11-20(13-14-7-6-9-17-14)16-18-10-8-15(19-16)21-12-4-2/h8,10,14,17H,3-7,9,11-13H2,1-2H3. The van der Waals surface area contributed by atoms with E-state index in [0.29, 0.717) is 18.5 Å². The van der Waals surface area contributed by atoms with Crippen molar-refractivity contribution in [1.82, 2.24) is 15.3 Å². The average molecular weight is 292 g/mol. The number of nitrogens with zero attached hydrogens (tertiary/aromatic N) is 3. The molecule has 1 aliphatic rings. The van der Waals surface area contributed by atoms with Gasteiger partial charge in [-0.3, -0.25) is 0 Å². The van der Waals surface area contributed by atoms with Gasteiger partial charge in [0, 0.05) is 31.4 Å². The molecule has 2 rings (SSSR count). The number of unbranched alkanes of at least 4 members (excludes halogenated alkanes) is 1. The van der Waals surface area contributed by atoms with Crippen LogP contribution >= 0.6 is 0 Å². The molecule has 1 fully saturated rings. The van der Waals surface area contributed by atoms with Crippen molar-refractivity contribution in [3.63, 3.8) is 0 Å². The summed E-state index contributed by atoms with van der Waals surface area (Å²) in [6.07, 6.45) is 7.65. The number of aromatic nitrogens is 2. The largest absolute Gasteiger partial charge is 0.478 e. The van der Waals surface area contributed by atoms with Crippen LogP contribution in [0.2, 0.25) is 0 Å². The molecule has 0 radical (unpaired) electrons. The van der Waals surface area contributed by atoms with E-state index in [1.807, 2.05) is 6.07 Å². The predicted molar refractivity (Wildman–Crippen MR) is 86.0 cm³/mol. The Labute approximate surface area is 128 Å². The quantitative estimate of drug-likeness (QED) is 0.758. The Hall–Kier alpha value is -1.36. The lowest BCUT2D eigenvalue weighted by molar-refractivity contribution is 0.304. The summed E-state index contributed by atoms with van der Waals surface area (Å²) in [7, 11) is 0. The van der Waals surface area contributed by atoms with Crippen molar-refractivity contribution < 1.29 is 4.74 Å². The average Bonchev–Trinajstić information content (AvgIpc) is 3.02.